The van der Waals surface area contributed by atoms with Crippen LogP contribution in [0.2, 0.25) is 0 Å². The molecule has 0 bridgehead atoms. The molecule has 2 aliphatic heterocycles. The number of fused-ring (bicyclic) bond motifs is 1. The predicted octanol–water partition coefficient (Wildman–Crippen LogP) is 1.86. The quantitative estimate of drug-likeness (QED) is 0.871. The van der Waals surface area contributed by atoms with Crippen LogP contribution in [0.15, 0.2) is 36.7 Å². The molecule has 0 radical (unpaired) electrons. The van der Waals surface area contributed by atoms with Gasteiger partial charge in [0.25, 0.3) is 0 Å². The Morgan fingerprint density at radius 2 is 1.92 bits per heavy atom. The molecule has 0 fully saturated rings. The molecule has 2 aromatic rings. The highest BCUT2D eigenvalue weighted by Crippen LogP contribution is 2.35. The summed E-state index contributed by atoms with van der Waals surface area (Å²) in [6.07, 6.45) is 4.58. The third-order valence-corrected chi connectivity index (χ3v) is 4.56. The minimum absolute atomic E-state index is 0.0524. The summed E-state index contributed by atoms with van der Waals surface area (Å²) in [5, 5.41) is 12.3. The van der Waals surface area contributed by atoms with E-state index in [1.54, 1.807) is 18.5 Å². The topological polar surface area (TPSA) is 81.6 Å². The first-order valence-corrected chi connectivity index (χ1v) is 8.21. The number of hydrogen-bond donors (Lipinski definition) is 2. The van der Waals surface area contributed by atoms with Crippen molar-refractivity contribution >= 4 is 28.8 Å². The van der Waals surface area contributed by atoms with Crippen LogP contribution < -0.4 is 15.1 Å². The summed E-state index contributed by atoms with van der Waals surface area (Å²) in [5.41, 5.74) is 3.05. The second kappa shape index (κ2) is 6.08. The fourth-order valence-electron chi connectivity index (χ4n) is 3.28. The number of nitrogens with one attached hydrogen (secondary N) is 1. The van der Waals surface area contributed by atoms with Gasteiger partial charge in [-0.1, -0.05) is 18.2 Å². The summed E-state index contributed by atoms with van der Waals surface area (Å²) in [6.45, 7) is 1.81. The maximum atomic E-state index is 11.9. The van der Waals surface area contributed by atoms with Crippen molar-refractivity contribution in [3.8, 4) is 5.75 Å². The second-order valence-corrected chi connectivity index (χ2v) is 6.27. The van der Waals surface area contributed by atoms with Gasteiger partial charge in [0.05, 0.1) is 6.54 Å². The van der Waals surface area contributed by atoms with Crippen LogP contribution >= 0.6 is 0 Å². The first-order chi connectivity index (χ1) is 12.1. The number of carbonyl (C=O) groups excluding carboxylic acids is 1. The molecule has 128 valence electrons. The number of phenols is 1. The van der Waals surface area contributed by atoms with Gasteiger partial charge in [0, 0.05) is 20.1 Å². The molecule has 2 aliphatic rings. The molecule has 3 heterocycles. The molecule has 1 aromatic carbocycles. The summed E-state index contributed by atoms with van der Waals surface area (Å²) >= 11 is 0. The van der Waals surface area contributed by atoms with E-state index in [9.17, 15) is 9.90 Å². The van der Waals surface area contributed by atoms with Crippen molar-refractivity contribution < 1.29 is 9.90 Å². The van der Waals surface area contributed by atoms with Crippen molar-refractivity contribution in [3.63, 3.8) is 0 Å². The average Bonchev–Trinajstić information content (AvgIpc) is 2.62. The number of phenolic OH excluding ortho intramolecular Hbond substituents is 1. The SMILES string of the molecule is CN1CC(=O)Nc2c1ncnc2N1CC=C(c2ccc(O)cc2)CC1. The molecule has 7 nitrogen and oxygen atoms in total. The first kappa shape index (κ1) is 15.4. The molecule has 0 spiro atoms. The lowest BCUT2D eigenvalue weighted by molar-refractivity contribution is -0.115. The predicted molar refractivity (Wildman–Crippen MR) is 96.8 cm³/mol. The number of hydrogen-bond acceptors (Lipinski definition) is 6. The maximum Gasteiger partial charge on any atom is 0.244 e. The highest BCUT2D eigenvalue weighted by molar-refractivity contribution is 6.03. The van der Waals surface area contributed by atoms with Gasteiger partial charge < -0.3 is 20.2 Å². The van der Waals surface area contributed by atoms with Gasteiger partial charge in [0.1, 0.15) is 17.8 Å². The van der Waals surface area contributed by atoms with E-state index in [1.165, 1.54) is 5.57 Å². The Morgan fingerprint density at radius 1 is 1.16 bits per heavy atom. The van der Waals surface area contributed by atoms with Crippen LogP contribution in [0.1, 0.15) is 12.0 Å². The lowest BCUT2D eigenvalue weighted by Gasteiger charge is -2.32. The molecule has 1 aromatic heterocycles. The number of aromatic nitrogens is 2. The molecular formula is C18H19N5O2. The molecule has 25 heavy (non-hydrogen) atoms. The molecule has 0 saturated carbocycles. The van der Waals surface area contributed by atoms with Crippen LogP contribution in [0.3, 0.4) is 0 Å². The van der Waals surface area contributed by atoms with Gasteiger partial charge >= 0.3 is 0 Å². The van der Waals surface area contributed by atoms with E-state index in [0.717, 1.165) is 30.2 Å². The van der Waals surface area contributed by atoms with E-state index in [2.05, 4.69) is 26.3 Å². The monoisotopic (exact) mass is 337 g/mol. The van der Waals surface area contributed by atoms with Crippen molar-refractivity contribution in [2.45, 2.75) is 6.42 Å². The first-order valence-electron chi connectivity index (χ1n) is 8.21. The Kier molecular flexibility index (Phi) is 3.76. The Balaban J connectivity index is 1.60. The summed E-state index contributed by atoms with van der Waals surface area (Å²) in [4.78, 5) is 24.6. The van der Waals surface area contributed by atoms with Crippen molar-refractivity contribution in [2.24, 2.45) is 0 Å². The third kappa shape index (κ3) is 2.88. The molecule has 0 unspecified atom stereocenters. The van der Waals surface area contributed by atoms with Crippen molar-refractivity contribution in [1.29, 1.82) is 0 Å². The van der Waals surface area contributed by atoms with Crippen LogP contribution in [0.25, 0.3) is 5.57 Å². The van der Waals surface area contributed by atoms with E-state index < -0.39 is 0 Å². The molecule has 0 aliphatic carbocycles. The average molecular weight is 337 g/mol. The smallest absolute Gasteiger partial charge is 0.244 e. The lowest BCUT2D eigenvalue weighted by atomic mass is 9.99. The number of anilines is 3. The molecular weight excluding hydrogens is 318 g/mol. The fraction of sp³-hybridized carbons (Fsp3) is 0.278. The largest absolute Gasteiger partial charge is 0.508 e. The Hall–Kier alpha value is -3.09. The molecule has 7 heteroatoms. The molecule has 0 saturated heterocycles. The zero-order valence-electron chi connectivity index (χ0n) is 13.9. The standard InChI is InChI=1S/C18H19N5O2/c1-22-10-15(25)21-16-17(22)19-11-20-18(16)23-8-6-13(7-9-23)12-2-4-14(24)5-3-12/h2-6,11,24H,7-10H2,1H3,(H,21,25). The number of rotatable bonds is 2. The highest BCUT2D eigenvalue weighted by Gasteiger charge is 2.27. The van der Waals surface area contributed by atoms with Gasteiger partial charge in [-0.3, -0.25) is 4.79 Å². The minimum atomic E-state index is -0.0524. The number of amides is 1. The summed E-state index contributed by atoms with van der Waals surface area (Å²) in [7, 11) is 1.85. The zero-order valence-corrected chi connectivity index (χ0v) is 13.9. The Bertz CT molecular complexity index is 847. The molecule has 0 atom stereocenters. The van der Waals surface area contributed by atoms with Crippen LogP contribution in [0, 0.1) is 0 Å². The summed E-state index contributed by atoms with van der Waals surface area (Å²) < 4.78 is 0. The molecule has 1 amide bonds. The normalized spacial score (nSPS) is 17.0. The van der Waals surface area contributed by atoms with Crippen molar-refractivity contribution in [3.05, 3.63) is 42.2 Å². The number of benzene rings is 1. The van der Waals surface area contributed by atoms with Crippen LogP contribution in [0.5, 0.6) is 5.75 Å². The van der Waals surface area contributed by atoms with Gasteiger partial charge in [0.2, 0.25) is 5.91 Å². The Morgan fingerprint density at radius 3 is 2.64 bits per heavy atom. The van der Waals surface area contributed by atoms with E-state index >= 15 is 0 Å². The highest BCUT2D eigenvalue weighted by atomic mass is 16.3. The summed E-state index contributed by atoms with van der Waals surface area (Å²) in [5.74, 6) is 1.72. The van der Waals surface area contributed by atoms with Crippen molar-refractivity contribution in [2.75, 3.05) is 41.8 Å². The molecule has 2 N–H and O–H groups in total. The fourth-order valence-corrected chi connectivity index (χ4v) is 3.28. The van der Waals surface area contributed by atoms with Gasteiger partial charge in [-0.25, -0.2) is 9.97 Å². The Labute approximate surface area is 145 Å². The zero-order chi connectivity index (χ0) is 17.4. The van der Waals surface area contributed by atoms with E-state index in [1.807, 2.05) is 24.1 Å². The summed E-state index contributed by atoms with van der Waals surface area (Å²) in [6, 6.07) is 7.26. The van der Waals surface area contributed by atoms with E-state index in [4.69, 9.17) is 0 Å². The number of aromatic hydroxyl groups is 1. The number of carbonyl (C=O) groups is 1. The van der Waals surface area contributed by atoms with Gasteiger partial charge in [-0.2, -0.15) is 0 Å². The number of nitrogens with zero attached hydrogens (tertiary/aromatic N) is 4. The van der Waals surface area contributed by atoms with Crippen LogP contribution in [0.4, 0.5) is 17.3 Å². The lowest BCUT2D eigenvalue weighted by Crippen LogP contribution is -2.38. The van der Waals surface area contributed by atoms with Gasteiger partial charge in [-0.05, 0) is 29.7 Å². The van der Waals surface area contributed by atoms with E-state index in [-0.39, 0.29) is 11.7 Å². The third-order valence-electron chi connectivity index (χ3n) is 4.56. The minimum Gasteiger partial charge on any atom is -0.508 e. The van der Waals surface area contributed by atoms with Gasteiger partial charge in [-0.15, -0.1) is 0 Å². The van der Waals surface area contributed by atoms with E-state index in [0.29, 0.717) is 18.8 Å². The van der Waals surface area contributed by atoms with Gasteiger partial charge in [0.15, 0.2) is 11.6 Å². The second-order valence-electron chi connectivity index (χ2n) is 6.27. The number of likely N-dealkylation sites (N-methyl/N-ethyl adjacent to an activating group) is 1. The van der Waals surface area contributed by atoms with Crippen LogP contribution in [-0.2, 0) is 4.79 Å². The molecule has 4 rings (SSSR count). The van der Waals surface area contributed by atoms with Crippen LogP contribution in [-0.4, -0.2) is 47.7 Å². The maximum absolute atomic E-state index is 11.9. The van der Waals surface area contributed by atoms with Crippen molar-refractivity contribution in [1.82, 2.24) is 9.97 Å².